The fourth-order valence-corrected chi connectivity index (χ4v) is 1.66. The van der Waals surface area contributed by atoms with Gasteiger partial charge in [-0.3, -0.25) is 0 Å². The molecule has 0 aromatic carbocycles. The summed E-state index contributed by atoms with van der Waals surface area (Å²) in [7, 11) is 0. The molecule has 2 aliphatic rings. The predicted molar refractivity (Wildman–Crippen MR) is 34.6 cm³/mol. The molecular weight excluding hydrogens is 96.1 g/mol. The van der Waals surface area contributed by atoms with Crippen LogP contribution >= 0.6 is 0 Å². The number of hydrogen-bond donors (Lipinski definition) is 0. The third-order valence-corrected chi connectivity index (χ3v) is 2.36. The maximum atomic E-state index is 2.43. The number of fused-ring (bicyclic) bond motifs is 1. The highest BCUT2D eigenvalue weighted by Gasteiger charge is 2.30. The largest absolute Gasteiger partial charge is 0.0775 e. The normalized spacial score (nSPS) is 42.9. The molecule has 44 valence electrons. The average molecular weight is 108 g/mol. The lowest BCUT2D eigenvalue weighted by molar-refractivity contribution is 0.433. The van der Waals surface area contributed by atoms with E-state index in [1.54, 1.807) is 5.57 Å². The number of rotatable bonds is 0. The van der Waals surface area contributed by atoms with Crippen LogP contribution in [0.4, 0.5) is 0 Å². The van der Waals surface area contributed by atoms with Gasteiger partial charge in [-0.25, -0.2) is 0 Å². The van der Waals surface area contributed by atoms with Crippen LogP contribution in [0.2, 0.25) is 0 Å². The Morgan fingerprint density at radius 1 is 1.62 bits per heavy atom. The van der Waals surface area contributed by atoms with Crippen LogP contribution < -0.4 is 0 Å². The van der Waals surface area contributed by atoms with Crippen molar-refractivity contribution in [2.45, 2.75) is 26.2 Å². The van der Waals surface area contributed by atoms with E-state index < -0.39 is 0 Å². The van der Waals surface area contributed by atoms with Gasteiger partial charge in [0, 0.05) is 0 Å². The zero-order chi connectivity index (χ0) is 5.56. The summed E-state index contributed by atoms with van der Waals surface area (Å²) < 4.78 is 0. The van der Waals surface area contributed by atoms with Gasteiger partial charge in [0.2, 0.25) is 0 Å². The van der Waals surface area contributed by atoms with Crippen molar-refractivity contribution in [3.05, 3.63) is 11.6 Å². The van der Waals surface area contributed by atoms with Gasteiger partial charge in [-0.05, 0) is 31.1 Å². The van der Waals surface area contributed by atoms with E-state index in [-0.39, 0.29) is 0 Å². The minimum absolute atomic E-state index is 0.971. The van der Waals surface area contributed by atoms with E-state index in [0.29, 0.717) is 0 Å². The van der Waals surface area contributed by atoms with E-state index in [2.05, 4.69) is 13.0 Å². The Hall–Kier alpha value is -0.260. The summed E-state index contributed by atoms with van der Waals surface area (Å²) in [6.45, 7) is 2.36. The fourth-order valence-electron chi connectivity index (χ4n) is 1.66. The van der Waals surface area contributed by atoms with E-state index in [1.807, 2.05) is 0 Å². The first-order chi connectivity index (χ1) is 3.86. The van der Waals surface area contributed by atoms with Crippen LogP contribution in [0.15, 0.2) is 11.6 Å². The summed E-state index contributed by atoms with van der Waals surface area (Å²) in [6, 6.07) is 0. The van der Waals surface area contributed by atoms with E-state index in [0.717, 1.165) is 11.8 Å². The quantitative estimate of drug-likeness (QED) is 0.418. The Labute approximate surface area is 50.6 Å². The van der Waals surface area contributed by atoms with E-state index in [4.69, 9.17) is 0 Å². The molecule has 0 nitrogen and oxygen atoms in total. The van der Waals surface area contributed by atoms with Gasteiger partial charge in [-0.2, -0.15) is 0 Å². The predicted octanol–water partition coefficient (Wildman–Crippen LogP) is 2.36. The Morgan fingerprint density at radius 2 is 2.50 bits per heavy atom. The Morgan fingerprint density at radius 3 is 3.12 bits per heavy atom. The molecule has 0 spiro atoms. The molecule has 1 saturated carbocycles. The third kappa shape index (κ3) is 0.594. The molecule has 1 fully saturated rings. The van der Waals surface area contributed by atoms with Crippen molar-refractivity contribution in [2.24, 2.45) is 11.8 Å². The number of allylic oxidation sites excluding steroid dienone is 2. The minimum atomic E-state index is 0.971. The highest BCUT2D eigenvalue weighted by molar-refractivity contribution is 5.30. The maximum absolute atomic E-state index is 2.43. The van der Waals surface area contributed by atoms with Crippen LogP contribution in [0, 0.1) is 11.8 Å². The first-order valence-electron chi connectivity index (χ1n) is 3.57. The van der Waals surface area contributed by atoms with Gasteiger partial charge < -0.3 is 0 Å². The van der Waals surface area contributed by atoms with Crippen molar-refractivity contribution in [1.82, 2.24) is 0 Å². The van der Waals surface area contributed by atoms with E-state index in [9.17, 15) is 0 Å². The molecule has 0 amide bonds. The van der Waals surface area contributed by atoms with E-state index >= 15 is 0 Å². The molecule has 2 aliphatic carbocycles. The third-order valence-electron chi connectivity index (χ3n) is 2.36. The van der Waals surface area contributed by atoms with Gasteiger partial charge in [0.05, 0.1) is 0 Å². The summed E-state index contributed by atoms with van der Waals surface area (Å²) in [6.07, 6.45) is 6.74. The molecule has 0 heteroatoms. The van der Waals surface area contributed by atoms with Gasteiger partial charge in [0.15, 0.2) is 0 Å². The smallest absolute Gasteiger partial charge is 0.00176 e. The molecule has 2 rings (SSSR count). The van der Waals surface area contributed by atoms with Crippen LogP contribution in [-0.4, -0.2) is 0 Å². The Kier molecular flexibility index (Phi) is 0.787. The first-order valence-corrected chi connectivity index (χ1v) is 3.57. The summed E-state index contributed by atoms with van der Waals surface area (Å²) >= 11 is 0. The Bertz CT molecular complexity index is 133. The molecule has 0 aromatic rings. The zero-order valence-electron chi connectivity index (χ0n) is 5.35. The topological polar surface area (TPSA) is 0 Å². The molecule has 2 unspecified atom stereocenters. The van der Waals surface area contributed by atoms with Crippen molar-refractivity contribution >= 4 is 0 Å². The summed E-state index contributed by atoms with van der Waals surface area (Å²) in [4.78, 5) is 0. The second kappa shape index (κ2) is 1.37. The van der Waals surface area contributed by atoms with Crippen LogP contribution in [0.5, 0.6) is 0 Å². The van der Waals surface area contributed by atoms with Crippen LogP contribution in [0.25, 0.3) is 0 Å². The molecule has 8 heavy (non-hydrogen) atoms. The number of hydrogen-bond acceptors (Lipinski definition) is 0. The molecular formula is C8H12. The first kappa shape index (κ1) is 4.60. The zero-order valence-corrected chi connectivity index (χ0v) is 5.35. The monoisotopic (exact) mass is 108 g/mol. The molecule has 0 N–H and O–H groups in total. The fraction of sp³-hybridized carbons (Fsp3) is 0.750. The minimum Gasteiger partial charge on any atom is -0.0775 e. The standard InChI is InChI=1S/C8H12/c1-6-2-3-7-5-8(7)4-6/h5-6,8H,2-4H2,1H3. The van der Waals surface area contributed by atoms with Crippen molar-refractivity contribution in [3.8, 4) is 0 Å². The van der Waals surface area contributed by atoms with Gasteiger partial charge in [0.25, 0.3) is 0 Å². The van der Waals surface area contributed by atoms with Crippen molar-refractivity contribution in [3.63, 3.8) is 0 Å². The van der Waals surface area contributed by atoms with E-state index in [1.165, 1.54) is 19.3 Å². The molecule has 0 bridgehead atoms. The van der Waals surface area contributed by atoms with Crippen LogP contribution in [0.3, 0.4) is 0 Å². The van der Waals surface area contributed by atoms with Crippen LogP contribution in [0.1, 0.15) is 26.2 Å². The lowest BCUT2D eigenvalue weighted by atomic mass is 9.90. The van der Waals surface area contributed by atoms with Gasteiger partial charge in [-0.15, -0.1) is 0 Å². The van der Waals surface area contributed by atoms with Crippen LogP contribution in [-0.2, 0) is 0 Å². The second-order valence-corrected chi connectivity index (χ2v) is 3.23. The SMILES string of the molecule is CC1CCC2=CC2C1. The lowest BCUT2D eigenvalue weighted by Crippen LogP contribution is -2.02. The molecule has 0 saturated heterocycles. The Balaban J connectivity index is 1.98. The summed E-state index contributed by atoms with van der Waals surface area (Å²) in [5, 5.41) is 0. The molecule has 0 radical (unpaired) electrons. The molecule has 2 atom stereocenters. The maximum Gasteiger partial charge on any atom is -0.00176 e. The second-order valence-electron chi connectivity index (χ2n) is 3.23. The van der Waals surface area contributed by atoms with Gasteiger partial charge in [-0.1, -0.05) is 18.6 Å². The summed E-state index contributed by atoms with van der Waals surface area (Å²) in [5.41, 5.74) is 1.75. The average Bonchev–Trinajstić information content (AvgIpc) is 2.43. The lowest BCUT2D eigenvalue weighted by Gasteiger charge is -2.15. The van der Waals surface area contributed by atoms with Gasteiger partial charge in [0.1, 0.15) is 0 Å². The molecule has 0 aromatic heterocycles. The van der Waals surface area contributed by atoms with Gasteiger partial charge >= 0.3 is 0 Å². The van der Waals surface area contributed by atoms with Crippen molar-refractivity contribution in [1.29, 1.82) is 0 Å². The summed E-state index contributed by atoms with van der Waals surface area (Å²) in [5.74, 6) is 1.97. The highest BCUT2D eigenvalue weighted by atomic mass is 14.3. The van der Waals surface area contributed by atoms with Crippen molar-refractivity contribution < 1.29 is 0 Å². The highest BCUT2D eigenvalue weighted by Crippen LogP contribution is 2.43. The molecule has 0 aliphatic heterocycles. The molecule has 0 heterocycles. The van der Waals surface area contributed by atoms with Crippen molar-refractivity contribution in [2.75, 3.05) is 0 Å².